The highest BCUT2D eigenvalue weighted by atomic mass is 35.5. The van der Waals surface area contributed by atoms with Crippen LogP contribution in [0.3, 0.4) is 0 Å². The van der Waals surface area contributed by atoms with E-state index in [2.05, 4.69) is 19.9 Å². The van der Waals surface area contributed by atoms with Crippen LogP contribution in [0.1, 0.15) is 12.8 Å². The number of hydrogen-bond donors (Lipinski definition) is 1. The molecular formula is C10H12ClN4+. The van der Waals surface area contributed by atoms with Gasteiger partial charge in [-0.3, -0.25) is 4.90 Å². The molecule has 0 amide bonds. The molecule has 0 atom stereocenters. The molecule has 0 unspecified atom stereocenters. The number of rotatable bonds is 1. The van der Waals surface area contributed by atoms with Gasteiger partial charge in [0.05, 0.1) is 13.1 Å². The van der Waals surface area contributed by atoms with Crippen LogP contribution < -0.4 is 9.88 Å². The molecule has 1 aliphatic heterocycles. The quantitative estimate of drug-likeness (QED) is 0.747. The molecule has 5 heteroatoms. The lowest BCUT2D eigenvalue weighted by molar-refractivity contribution is -0.364. The molecule has 78 valence electrons. The number of H-pyrrole nitrogens is 2. The number of aromatic amines is 2. The van der Waals surface area contributed by atoms with Crippen LogP contribution >= 0.6 is 11.6 Å². The third kappa shape index (κ3) is 1.45. The molecule has 15 heavy (non-hydrogen) atoms. The normalized spacial score (nSPS) is 16.5. The van der Waals surface area contributed by atoms with Crippen molar-refractivity contribution in [1.29, 1.82) is 0 Å². The molecule has 1 aliphatic rings. The number of nitrogens with zero attached hydrogens (tertiary/aromatic N) is 2. The first-order chi connectivity index (χ1) is 7.34. The van der Waals surface area contributed by atoms with Crippen molar-refractivity contribution < 1.29 is 4.98 Å². The second-order valence-corrected chi connectivity index (χ2v) is 4.17. The summed E-state index contributed by atoms with van der Waals surface area (Å²) in [6, 6.07) is 2.03. The number of fused-ring (bicyclic) bond motifs is 1. The Hall–Kier alpha value is -1.29. The Kier molecular flexibility index (Phi) is 2.02. The van der Waals surface area contributed by atoms with E-state index in [1.165, 1.54) is 12.8 Å². The van der Waals surface area contributed by atoms with Gasteiger partial charge in [-0.15, -0.1) is 0 Å². The third-order valence-corrected chi connectivity index (χ3v) is 3.01. The van der Waals surface area contributed by atoms with Crippen molar-refractivity contribution in [3.8, 4) is 0 Å². The van der Waals surface area contributed by atoms with E-state index in [9.17, 15) is 0 Å². The molecule has 0 spiro atoms. The fourth-order valence-electron chi connectivity index (χ4n) is 2.13. The predicted octanol–water partition coefficient (Wildman–Crippen LogP) is 1.63. The molecule has 2 aromatic rings. The maximum atomic E-state index is 5.95. The van der Waals surface area contributed by atoms with Crippen LogP contribution in [0.2, 0.25) is 5.28 Å². The Bertz CT molecular complexity index is 487. The van der Waals surface area contributed by atoms with E-state index in [1.807, 2.05) is 12.3 Å². The molecule has 0 aliphatic carbocycles. The molecule has 2 aromatic heterocycles. The van der Waals surface area contributed by atoms with E-state index in [1.54, 1.807) is 0 Å². The number of anilines is 1. The second-order valence-electron chi connectivity index (χ2n) is 3.81. The summed E-state index contributed by atoms with van der Waals surface area (Å²) in [5.41, 5.74) is 0.848. The summed E-state index contributed by atoms with van der Waals surface area (Å²) in [5.74, 6) is 1.09. The summed E-state index contributed by atoms with van der Waals surface area (Å²) in [7, 11) is 0. The monoisotopic (exact) mass is 223 g/mol. The molecule has 1 saturated heterocycles. The second kappa shape index (κ2) is 3.38. The van der Waals surface area contributed by atoms with E-state index < -0.39 is 0 Å². The van der Waals surface area contributed by atoms with Gasteiger partial charge in [-0.05, 0) is 30.5 Å². The van der Waals surface area contributed by atoms with Crippen LogP contribution in [-0.2, 0) is 0 Å². The molecule has 1 fully saturated rings. The average molecular weight is 224 g/mol. The SMILES string of the molecule is Clc1nc2[nH]ccc2c(N2CCCC2)[nH+]1. The van der Waals surface area contributed by atoms with Gasteiger partial charge < -0.3 is 4.98 Å². The number of aromatic nitrogens is 3. The van der Waals surface area contributed by atoms with E-state index in [4.69, 9.17) is 11.6 Å². The van der Waals surface area contributed by atoms with Crippen LogP contribution in [0, 0.1) is 0 Å². The Balaban J connectivity index is 2.18. The molecule has 0 saturated carbocycles. The van der Waals surface area contributed by atoms with Gasteiger partial charge in [0.25, 0.3) is 0 Å². The Labute approximate surface area is 92.3 Å². The predicted molar refractivity (Wildman–Crippen MR) is 59.1 cm³/mol. The number of halogens is 1. The van der Waals surface area contributed by atoms with E-state index in [-0.39, 0.29) is 0 Å². The zero-order valence-corrected chi connectivity index (χ0v) is 9.01. The van der Waals surface area contributed by atoms with Gasteiger partial charge in [-0.1, -0.05) is 4.98 Å². The van der Waals surface area contributed by atoms with Gasteiger partial charge in [-0.25, -0.2) is 4.98 Å². The molecular weight excluding hydrogens is 212 g/mol. The summed E-state index contributed by atoms with van der Waals surface area (Å²) in [6.45, 7) is 2.19. The van der Waals surface area contributed by atoms with Gasteiger partial charge in [0.15, 0.2) is 0 Å². The molecule has 0 bridgehead atoms. The van der Waals surface area contributed by atoms with E-state index in [0.717, 1.165) is 29.9 Å². The molecule has 3 rings (SSSR count). The highest BCUT2D eigenvalue weighted by molar-refractivity contribution is 6.27. The van der Waals surface area contributed by atoms with E-state index in [0.29, 0.717) is 5.28 Å². The van der Waals surface area contributed by atoms with Crippen LogP contribution in [0.25, 0.3) is 11.0 Å². The first-order valence-corrected chi connectivity index (χ1v) is 5.53. The average Bonchev–Trinajstić information content (AvgIpc) is 2.86. The number of nitrogens with one attached hydrogen (secondary N) is 2. The molecule has 4 nitrogen and oxygen atoms in total. The van der Waals surface area contributed by atoms with Crippen molar-refractivity contribution in [1.82, 2.24) is 9.97 Å². The van der Waals surface area contributed by atoms with Crippen LogP contribution in [0.4, 0.5) is 5.82 Å². The minimum Gasteiger partial charge on any atom is -0.332 e. The van der Waals surface area contributed by atoms with Crippen molar-refractivity contribution >= 4 is 28.5 Å². The zero-order chi connectivity index (χ0) is 10.3. The minimum atomic E-state index is 0.437. The molecule has 0 radical (unpaired) electrons. The fraction of sp³-hybridized carbons (Fsp3) is 0.400. The fourth-order valence-corrected chi connectivity index (χ4v) is 2.30. The van der Waals surface area contributed by atoms with Crippen molar-refractivity contribution in [3.05, 3.63) is 17.5 Å². The maximum Gasteiger partial charge on any atom is 0.334 e. The smallest absolute Gasteiger partial charge is 0.332 e. The highest BCUT2D eigenvalue weighted by Gasteiger charge is 2.23. The van der Waals surface area contributed by atoms with Crippen LogP contribution in [0.15, 0.2) is 12.3 Å². The summed E-state index contributed by atoms with van der Waals surface area (Å²) >= 11 is 5.95. The van der Waals surface area contributed by atoms with E-state index >= 15 is 0 Å². The van der Waals surface area contributed by atoms with Gasteiger partial charge in [0.1, 0.15) is 5.39 Å². The summed E-state index contributed by atoms with van der Waals surface area (Å²) in [4.78, 5) is 12.7. The van der Waals surface area contributed by atoms with Crippen molar-refractivity contribution in [2.24, 2.45) is 0 Å². The van der Waals surface area contributed by atoms with Gasteiger partial charge in [0, 0.05) is 6.20 Å². The lowest BCUT2D eigenvalue weighted by Crippen LogP contribution is -2.27. The van der Waals surface area contributed by atoms with Crippen LogP contribution in [0.5, 0.6) is 0 Å². The lowest BCUT2D eigenvalue weighted by atomic mass is 10.3. The van der Waals surface area contributed by atoms with Crippen molar-refractivity contribution in [2.45, 2.75) is 12.8 Å². The maximum absolute atomic E-state index is 5.95. The summed E-state index contributed by atoms with van der Waals surface area (Å²) in [5, 5.41) is 1.55. The van der Waals surface area contributed by atoms with Crippen molar-refractivity contribution in [3.63, 3.8) is 0 Å². The largest absolute Gasteiger partial charge is 0.334 e. The molecule has 0 aromatic carbocycles. The number of hydrogen-bond acceptors (Lipinski definition) is 2. The summed E-state index contributed by atoms with van der Waals surface area (Å²) < 4.78 is 0. The first-order valence-electron chi connectivity index (χ1n) is 5.15. The lowest BCUT2D eigenvalue weighted by Gasteiger charge is -2.11. The standard InChI is InChI=1S/C10H11ClN4/c11-10-13-8-7(3-4-12-8)9(14-10)15-5-1-2-6-15/h3-4H,1-2,5-6H2,(H,12,13,14)/p+1. The van der Waals surface area contributed by atoms with Crippen LogP contribution in [-0.4, -0.2) is 23.1 Å². The van der Waals surface area contributed by atoms with Gasteiger partial charge >= 0.3 is 5.28 Å². The van der Waals surface area contributed by atoms with Crippen molar-refractivity contribution in [2.75, 3.05) is 18.0 Å². The Morgan fingerprint density at radius 3 is 3.00 bits per heavy atom. The first kappa shape index (κ1) is 8.97. The van der Waals surface area contributed by atoms with Gasteiger partial charge in [0.2, 0.25) is 11.5 Å². The topological polar surface area (TPSA) is 46.1 Å². The summed E-state index contributed by atoms with van der Waals surface area (Å²) in [6.07, 6.45) is 4.39. The van der Waals surface area contributed by atoms with Gasteiger partial charge in [-0.2, -0.15) is 0 Å². The minimum absolute atomic E-state index is 0.437. The zero-order valence-electron chi connectivity index (χ0n) is 8.26. The molecule has 3 heterocycles. The third-order valence-electron chi connectivity index (χ3n) is 2.83. The Morgan fingerprint density at radius 1 is 1.40 bits per heavy atom. The Morgan fingerprint density at radius 2 is 2.20 bits per heavy atom. The highest BCUT2D eigenvalue weighted by Crippen LogP contribution is 2.24. The molecule has 2 N–H and O–H groups in total.